The van der Waals surface area contributed by atoms with Gasteiger partial charge in [0.25, 0.3) is 0 Å². The molecule has 0 aliphatic heterocycles. The van der Waals surface area contributed by atoms with Crippen LogP contribution >= 0.6 is 0 Å². The highest BCUT2D eigenvalue weighted by Gasteiger charge is 2.52. The molecule has 5 nitrogen and oxygen atoms in total. The summed E-state index contributed by atoms with van der Waals surface area (Å²) in [6.07, 6.45) is 1.28. The van der Waals surface area contributed by atoms with Gasteiger partial charge in [0, 0.05) is 17.3 Å². The van der Waals surface area contributed by atoms with Gasteiger partial charge in [0.15, 0.2) is 0 Å². The molecule has 0 unspecified atom stereocenters. The third-order valence-corrected chi connectivity index (χ3v) is 3.84. The van der Waals surface area contributed by atoms with Crippen LogP contribution in [0.25, 0.3) is 0 Å². The minimum atomic E-state index is -0.768. The van der Waals surface area contributed by atoms with E-state index in [-0.39, 0.29) is 11.7 Å². The predicted octanol–water partition coefficient (Wildman–Crippen LogP) is 2.41. The molecule has 3 rings (SSSR count). The molecule has 6 heteroatoms. The fourth-order valence-corrected chi connectivity index (χ4v) is 2.61. The van der Waals surface area contributed by atoms with Gasteiger partial charge in [-0.15, -0.1) is 0 Å². The lowest BCUT2D eigenvalue weighted by Gasteiger charge is -2.17. The number of hydrogen-bond donors (Lipinski definition) is 2. The Kier molecular flexibility index (Phi) is 3.52. The van der Waals surface area contributed by atoms with Crippen molar-refractivity contribution in [2.75, 3.05) is 5.43 Å². The lowest BCUT2D eigenvalue weighted by Crippen LogP contribution is -2.39. The number of benzene rings is 1. The van der Waals surface area contributed by atoms with Crippen LogP contribution in [0, 0.1) is 19.7 Å². The summed E-state index contributed by atoms with van der Waals surface area (Å²) in [5, 5.41) is 0. The van der Waals surface area contributed by atoms with Crippen molar-refractivity contribution < 1.29 is 9.18 Å². The number of hydrazine groups is 1. The molecule has 114 valence electrons. The summed E-state index contributed by atoms with van der Waals surface area (Å²) in [6, 6.07) is 8.15. The van der Waals surface area contributed by atoms with E-state index in [9.17, 15) is 9.18 Å². The highest BCUT2D eigenvalue weighted by molar-refractivity contribution is 5.92. The summed E-state index contributed by atoms with van der Waals surface area (Å²) in [6.45, 7) is 3.63. The number of carbonyl (C=O) groups is 1. The lowest BCUT2D eigenvalue weighted by atomic mass is 9.95. The normalized spacial score (nSPS) is 15.2. The van der Waals surface area contributed by atoms with E-state index >= 15 is 0 Å². The van der Waals surface area contributed by atoms with E-state index < -0.39 is 5.41 Å². The zero-order chi connectivity index (χ0) is 15.7. The number of amides is 1. The van der Waals surface area contributed by atoms with Gasteiger partial charge in [-0.1, -0.05) is 18.2 Å². The van der Waals surface area contributed by atoms with Crippen LogP contribution in [0.4, 0.5) is 10.2 Å². The summed E-state index contributed by atoms with van der Waals surface area (Å²) in [7, 11) is 0. The fourth-order valence-electron chi connectivity index (χ4n) is 2.61. The topological polar surface area (TPSA) is 66.9 Å². The number of halogens is 1. The first kappa shape index (κ1) is 14.4. The Hall–Kier alpha value is -2.50. The van der Waals surface area contributed by atoms with E-state index in [4.69, 9.17) is 0 Å². The minimum absolute atomic E-state index is 0.244. The number of hydrogen-bond acceptors (Lipinski definition) is 4. The Morgan fingerprint density at radius 1 is 1.23 bits per heavy atom. The zero-order valence-corrected chi connectivity index (χ0v) is 12.5. The van der Waals surface area contributed by atoms with Crippen molar-refractivity contribution in [1.82, 2.24) is 15.4 Å². The van der Waals surface area contributed by atoms with Gasteiger partial charge >= 0.3 is 0 Å². The van der Waals surface area contributed by atoms with Crippen molar-refractivity contribution in [1.29, 1.82) is 0 Å². The molecule has 1 amide bonds. The summed E-state index contributed by atoms with van der Waals surface area (Å²) in [5.74, 6) is 0.546. The molecule has 22 heavy (non-hydrogen) atoms. The van der Waals surface area contributed by atoms with Crippen LogP contribution in [0.3, 0.4) is 0 Å². The second-order valence-electron chi connectivity index (χ2n) is 5.58. The molecule has 1 aromatic carbocycles. The minimum Gasteiger partial charge on any atom is -0.282 e. The molecule has 0 atom stereocenters. The Labute approximate surface area is 128 Å². The highest BCUT2D eigenvalue weighted by atomic mass is 19.1. The molecule has 0 bridgehead atoms. The molecular formula is C16H17FN4O. The van der Waals surface area contributed by atoms with Crippen molar-refractivity contribution in [3.8, 4) is 0 Å². The molecule has 1 saturated carbocycles. The summed E-state index contributed by atoms with van der Waals surface area (Å²) < 4.78 is 13.9. The molecule has 1 aliphatic rings. The molecule has 1 aliphatic carbocycles. The number of rotatable bonds is 4. The van der Waals surface area contributed by atoms with Gasteiger partial charge in [-0.3, -0.25) is 15.6 Å². The first-order valence-corrected chi connectivity index (χ1v) is 7.15. The van der Waals surface area contributed by atoms with Crippen LogP contribution in [0.15, 0.2) is 30.3 Å². The SMILES string of the molecule is Cc1cc(NNC(=O)C2(c3ccccc3F)CC2)nc(C)n1. The predicted molar refractivity (Wildman–Crippen MR) is 80.6 cm³/mol. The standard InChI is InChI=1S/C16H17FN4O/c1-10-9-14(19-11(2)18-10)20-21-15(22)16(7-8-16)12-5-3-4-6-13(12)17/h3-6,9H,7-8H2,1-2H3,(H,21,22)(H,18,19,20). The maximum absolute atomic E-state index is 13.9. The zero-order valence-electron chi connectivity index (χ0n) is 12.5. The first-order chi connectivity index (χ1) is 10.5. The number of aromatic nitrogens is 2. The van der Waals surface area contributed by atoms with E-state index in [1.54, 1.807) is 31.2 Å². The summed E-state index contributed by atoms with van der Waals surface area (Å²) in [5.41, 5.74) is 5.91. The molecule has 0 radical (unpaired) electrons. The number of carbonyl (C=O) groups excluding carboxylic acids is 1. The highest BCUT2D eigenvalue weighted by Crippen LogP contribution is 2.49. The molecule has 1 fully saturated rings. The molecule has 0 saturated heterocycles. The summed E-state index contributed by atoms with van der Waals surface area (Å²) >= 11 is 0. The Balaban J connectivity index is 1.74. The Bertz CT molecular complexity index is 708. The van der Waals surface area contributed by atoms with Crippen molar-refractivity contribution in [3.05, 3.63) is 53.2 Å². The third kappa shape index (κ3) is 2.64. The first-order valence-electron chi connectivity index (χ1n) is 7.15. The van der Waals surface area contributed by atoms with Gasteiger partial charge in [0.05, 0.1) is 5.41 Å². The van der Waals surface area contributed by atoms with Gasteiger partial charge in [-0.05, 0) is 32.8 Å². The molecule has 0 spiro atoms. The van der Waals surface area contributed by atoms with E-state index in [0.29, 0.717) is 30.0 Å². The van der Waals surface area contributed by atoms with E-state index in [0.717, 1.165) is 5.69 Å². The molecule has 2 N–H and O–H groups in total. The molecule has 2 aromatic rings. The third-order valence-electron chi connectivity index (χ3n) is 3.84. The number of anilines is 1. The molecule has 1 aromatic heterocycles. The van der Waals surface area contributed by atoms with Gasteiger partial charge in [-0.2, -0.15) is 0 Å². The number of aryl methyl sites for hydroxylation is 2. The van der Waals surface area contributed by atoms with Crippen LogP contribution in [0.1, 0.15) is 29.9 Å². The molecule has 1 heterocycles. The van der Waals surface area contributed by atoms with Crippen molar-refractivity contribution >= 4 is 11.7 Å². The van der Waals surface area contributed by atoms with Crippen LogP contribution in [-0.4, -0.2) is 15.9 Å². The van der Waals surface area contributed by atoms with Gasteiger partial charge < -0.3 is 0 Å². The fraction of sp³-hybridized carbons (Fsp3) is 0.312. The maximum Gasteiger partial charge on any atom is 0.249 e. The maximum atomic E-state index is 13.9. The number of nitrogens with zero attached hydrogens (tertiary/aromatic N) is 2. The smallest absolute Gasteiger partial charge is 0.249 e. The van der Waals surface area contributed by atoms with E-state index in [1.165, 1.54) is 6.07 Å². The average molecular weight is 300 g/mol. The van der Waals surface area contributed by atoms with Crippen LogP contribution in [0.5, 0.6) is 0 Å². The Morgan fingerprint density at radius 3 is 2.59 bits per heavy atom. The van der Waals surface area contributed by atoms with Crippen molar-refractivity contribution in [2.24, 2.45) is 0 Å². The van der Waals surface area contributed by atoms with E-state index in [1.807, 2.05) is 6.92 Å². The Morgan fingerprint density at radius 2 is 1.95 bits per heavy atom. The quantitative estimate of drug-likeness (QED) is 0.851. The molecular weight excluding hydrogens is 283 g/mol. The van der Waals surface area contributed by atoms with Crippen LogP contribution < -0.4 is 10.9 Å². The van der Waals surface area contributed by atoms with Gasteiger partial charge in [-0.25, -0.2) is 14.4 Å². The van der Waals surface area contributed by atoms with E-state index in [2.05, 4.69) is 20.8 Å². The second kappa shape index (κ2) is 5.36. The number of nitrogens with one attached hydrogen (secondary N) is 2. The largest absolute Gasteiger partial charge is 0.282 e. The monoisotopic (exact) mass is 300 g/mol. The van der Waals surface area contributed by atoms with Crippen LogP contribution in [0.2, 0.25) is 0 Å². The van der Waals surface area contributed by atoms with Crippen LogP contribution in [-0.2, 0) is 10.2 Å². The summed E-state index contributed by atoms with van der Waals surface area (Å²) in [4.78, 5) is 20.8. The lowest BCUT2D eigenvalue weighted by molar-refractivity contribution is -0.123. The second-order valence-corrected chi connectivity index (χ2v) is 5.58. The van der Waals surface area contributed by atoms with Crippen molar-refractivity contribution in [2.45, 2.75) is 32.1 Å². The van der Waals surface area contributed by atoms with Crippen molar-refractivity contribution in [3.63, 3.8) is 0 Å². The van der Waals surface area contributed by atoms with Gasteiger partial charge in [0.2, 0.25) is 5.91 Å². The van der Waals surface area contributed by atoms with Gasteiger partial charge in [0.1, 0.15) is 17.5 Å². The average Bonchev–Trinajstić information content (AvgIpc) is 3.26.